The summed E-state index contributed by atoms with van der Waals surface area (Å²) in [5, 5.41) is 3.40. The highest BCUT2D eigenvalue weighted by Crippen LogP contribution is 2.26. The van der Waals surface area contributed by atoms with E-state index >= 15 is 0 Å². The van der Waals surface area contributed by atoms with Crippen LogP contribution in [0.4, 0.5) is 23.3 Å². The first-order valence-corrected chi connectivity index (χ1v) is 13.8. The van der Waals surface area contributed by atoms with Gasteiger partial charge in [-0.25, -0.2) is 8.42 Å². The first-order chi connectivity index (χ1) is 17.9. The van der Waals surface area contributed by atoms with Gasteiger partial charge in [-0.1, -0.05) is 17.7 Å². The van der Waals surface area contributed by atoms with E-state index < -0.39 is 10.0 Å². The lowest BCUT2D eigenvalue weighted by molar-refractivity contribution is 0.122. The number of hydrogen-bond acceptors (Lipinski definition) is 9. The zero-order chi connectivity index (χ0) is 25.8. The van der Waals surface area contributed by atoms with Crippen LogP contribution in [0, 0.1) is 6.92 Å². The molecule has 5 rings (SSSR count). The van der Waals surface area contributed by atoms with E-state index in [1.165, 1.54) is 9.87 Å². The number of benzene rings is 2. The number of methoxy groups -OCH3 is 1. The quantitative estimate of drug-likeness (QED) is 0.500. The number of ether oxygens (including phenoxy) is 2. The summed E-state index contributed by atoms with van der Waals surface area (Å²) >= 11 is 0. The molecule has 3 aromatic rings. The number of rotatable bonds is 7. The van der Waals surface area contributed by atoms with Crippen molar-refractivity contribution in [2.45, 2.75) is 11.8 Å². The maximum atomic E-state index is 13.2. The van der Waals surface area contributed by atoms with Gasteiger partial charge in [0.1, 0.15) is 17.4 Å². The van der Waals surface area contributed by atoms with E-state index in [1.54, 1.807) is 31.4 Å². The van der Waals surface area contributed by atoms with Gasteiger partial charge in [0.2, 0.25) is 16.0 Å². The van der Waals surface area contributed by atoms with Crippen molar-refractivity contribution in [2.24, 2.45) is 0 Å². The molecule has 1 aromatic heterocycles. The Kier molecular flexibility index (Phi) is 7.45. The van der Waals surface area contributed by atoms with Gasteiger partial charge in [0.05, 0.1) is 25.2 Å². The number of piperazine rings is 1. The summed E-state index contributed by atoms with van der Waals surface area (Å²) in [5.41, 5.74) is 2.13. The van der Waals surface area contributed by atoms with Crippen LogP contribution in [0.3, 0.4) is 0 Å². The molecule has 2 aliphatic rings. The second kappa shape index (κ2) is 10.9. The Morgan fingerprint density at radius 1 is 0.865 bits per heavy atom. The summed E-state index contributed by atoms with van der Waals surface area (Å²) in [4.78, 5) is 14.2. The molecule has 196 valence electrons. The van der Waals surface area contributed by atoms with Crippen LogP contribution in [0.5, 0.6) is 5.75 Å². The van der Waals surface area contributed by atoms with Crippen LogP contribution < -0.4 is 19.9 Å². The van der Waals surface area contributed by atoms with Gasteiger partial charge in [0.15, 0.2) is 0 Å². The van der Waals surface area contributed by atoms with Gasteiger partial charge < -0.3 is 24.6 Å². The number of aryl methyl sites for hydroxylation is 1. The molecular weight excluding hydrogens is 492 g/mol. The van der Waals surface area contributed by atoms with Crippen LogP contribution in [0.15, 0.2) is 59.5 Å². The summed E-state index contributed by atoms with van der Waals surface area (Å²) in [6, 6.07) is 16.6. The van der Waals surface area contributed by atoms with Crippen molar-refractivity contribution >= 4 is 33.3 Å². The van der Waals surface area contributed by atoms with Crippen LogP contribution in [0.25, 0.3) is 0 Å². The van der Waals surface area contributed by atoms with E-state index in [-0.39, 0.29) is 4.90 Å². The minimum absolute atomic E-state index is 0.261. The van der Waals surface area contributed by atoms with Crippen molar-refractivity contribution in [3.05, 3.63) is 60.2 Å². The van der Waals surface area contributed by atoms with Gasteiger partial charge in [-0.3, -0.25) is 0 Å². The molecule has 3 heterocycles. The van der Waals surface area contributed by atoms with E-state index in [9.17, 15) is 8.42 Å². The van der Waals surface area contributed by atoms with Crippen LogP contribution in [0.1, 0.15) is 5.56 Å². The van der Waals surface area contributed by atoms with Crippen LogP contribution >= 0.6 is 0 Å². The second-order valence-electron chi connectivity index (χ2n) is 9.07. The molecule has 37 heavy (non-hydrogen) atoms. The monoisotopic (exact) mass is 524 g/mol. The third-order valence-electron chi connectivity index (χ3n) is 6.58. The van der Waals surface area contributed by atoms with Crippen LogP contribution in [-0.4, -0.2) is 82.3 Å². The van der Waals surface area contributed by atoms with E-state index in [0.29, 0.717) is 56.9 Å². The molecule has 0 unspecified atom stereocenters. The van der Waals surface area contributed by atoms with Crippen molar-refractivity contribution in [1.29, 1.82) is 0 Å². The molecule has 0 aliphatic carbocycles. The lowest BCUT2D eigenvalue weighted by atomic mass is 10.2. The predicted octanol–water partition coefficient (Wildman–Crippen LogP) is 2.88. The van der Waals surface area contributed by atoms with Crippen molar-refractivity contribution in [3.8, 4) is 5.75 Å². The fraction of sp³-hybridized carbons (Fsp3) is 0.385. The van der Waals surface area contributed by atoms with E-state index in [1.807, 2.05) is 23.1 Å². The summed E-state index contributed by atoms with van der Waals surface area (Å²) in [5.74, 6) is 2.73. The van der Waals surface area contributed by atoms with E-state index in [4.69, 9.17) is 19.4 Å². The number of hydrogen-bond donors (Lipinski definition) is 1. The van der Waals surface area contributed by atoms with Crippen LogP contribution in [0.2, 0.25) is 0 Å². The van der Waals surface area contributed by atoms with Gasteiger partial charge in [-0.15, -0.1) is 0 Å². The second-order valence-corrected chi connectivity index (χ2v) is 11.0. The molecule has 0 radical (unpaired) electrons. The van der Waals surface area contributed by atoms with Crippen LogP contribution in [-0.2, 0) is 14.8 Å². The smallest absolute Gasteiger partial charge is 0.243 e. The van der Waals surface area contributed by atoms with Crippen molar-refractivity contribution in [2.75, 3.05) is 74.7 Å². The number of morpholine rings is 1. The van der Waals surface area contributed by atoms with Gasteiger partial charge in [0.25, 0.3) is 0 Å². The Labute approximate surface area is 217 Å². The topological polar surface area (TPSA) is 100 Å². The molecule has 0 amide bonds. The van der Waals surface area contributed by atoms with Gasteiger partial charge in [-0.05, 0) is 43.3 Å². The fourth-order valence-electron chi connectivity index (χ4n) is 4.39. The molecule has 0 spiro atoms. The third-order valence-corrected chi connectivity index (χ3v) is 8.49. The van der Waals surface area contributed by atoms with E-state index in [2.05, 4.69) is 29.3 Å². The Bertz CT molecular complexity index is 1300. The van der Waals surface area contributed by atoms with Gasteiger partial charge >= 0.3 is 0 Å². The normalized spacial score (nSPS) is 17.0. The zero-order valence-corrected chi connectivity index (χ0v) is 21.9. The maximum absolute atomic E-state index is 13.2. The molecule has 0 atom stereocenters. The molecule has 0 bridgehead atoms. The molecule has 11 heteroatoms. The first kappa shape index (κ1) is 25.2. The lowest BCUT2D eigenvalue weighted by Crippen LogP contribution is -2.49. The van der Waals surface area contributed by atoms with E-state index in [0.717, 1.165) is 24.6 Å². The van der Waals surface area contributed by atoms with Gasteiger partial charge in [-0.2, -0.15) is 14.3 Å². The van der Waals surface area contributed by atoms with Crippen molar-refractivity contribution in [3.63, 3.8) is 0 Å². The first-order valence-electron chi connectivity index (χ1n) is 12.4. The third kappa shape index (κ3) is 5.79. The molecule has 10 nitrogen and oxygen atoms in total. The number of nitrogens with one attached hydrogen (secondary N) is 1. The minimum atomic E-state index is -3.59. The molecule has 2 aromatic carbocycles. The SMILES string of the molecule is COc1ccc(S(=O)(=O)N2CCN(c3nc(Nc4ccc(C)cc4)cc(N4CCOCC4)n3)CC2)cc1. The summed E-state index contributed by atoms with van der Waals surface area (Å²) in [6.07, 6.45) is 0. The average molecular weight is 525 g/mol. The Morgan fingerprint density at radius 2 is 1.54 bits per heavy atom. The molecule has 2 aliphatic heterocycles. The lowest BCUT2D eigenvalue weighted by Gasteiger charge is -2.35. The highest BCUT2D eigenvalue weighted by Gasteiger charge is 2.30. The summed E-state index contributed by atoms with van der Waals surface area (Å²) in [6.45, 7) is 6.56. The van der Waals surface area contributed by atoms with Gasteiger partial charge in [0, 0.05) is 51.0 Å². The highest BCUT2D eigenvalue weighted by atomic mass is 32.2. The summed E-state index contributed by atoms with van der Waals surface area (Å²) in [7, 11) is -2.04. The Hall–Kier alpha value is -3.41. The highest BCUT2D eigenvalue weighted by molar-refractivity contribution is 7.89. The average Bonchev–Trinajstić information content (AvgIpc) is 2.95. The number of aromatic nitrogens is 2. The standard InChI is InChI=1S/C26H32N6O4S/c1-20-3-5-21(6-4-20)27-24-19-25(30-15-17-36-18-16-30)29-26(28-24)31-11-13-32(14-12-31)37(33,34)23-9-7-22(35-2)8-10-23/h3-10,19H,11-18H2,1-2H3,(H,27,28,29). The molecule has 2 saturated heterocycles. The Balaban J connectivity index is 1.35. The number of anilines is 4. The zero-order valence-electron chi connectivity index (χ0n) is 21.1. The summed E-state index contributed by atoms with van der Waals surface area (Å²) < 4.78 is 38.5. The number of sulfonamides is 1. The molecule has 2 fully saturated rings. The van der Waals surface area contributed by atoms with Crippen molar-refractivity contribution < 1.29 is 17.9 Å². The Morgan fingerprint density at radius 3 is 2.19 bits per heavy atom. The fourth-order valence-corrected chi connectivity index (χ4v) is 5.81. The molecule has 1 N–H and O–H groups in total. The maximum Gasteiger partial charge on any atom is 0.243 e. The molecule has 0 saturated carbocycles. The molecular formula is C26H32N6O4S. The van der Waals surface area contributed by atoms with Crippen molar-refractivity contribution in [1.82, 2.24) is 14.3 Å². The predicted molar refractivity (Wildman–Crippen MR) is 143 cm³/mol. The largest absolute Gasteiger partial charge is 0.497 e. The number of nitrogens with zero attached hydrogens (tertiary/aromatic N) is 5. The minimum Gasteiger partial charge on any atom is -0.497 e.